The fourth-order valence-electron chi connectivity index (χ4n) is 6.98. The Bertz CT molecular complexity index is 796. The third-order valence-corrected chi connectivity index (χ3v) is 10.5. The van der Waals surface area contributed by atoms with Gasteiger partial charge >= 0.3 is 17.9 Å². The number of hydrogen-bond donors (Lipinski definition) is 0. The van der Waals surface area contributed by atoms with E-state index in [0.29, 0.717) is 19.3 Å². The highest BCUT2D eigenvalue weighted by Crippen LogP contribution is 2.16. The minimum absolute atomic E-state index is 0.0648. The highest BCUT2D eigenvalue weighted by molar-refractivity contribution is 5.71. The molecule has 1 atom stereocenters. The summed E-state index contributed by atoms with van der Waals surface area (Å²) < 4.78 is 16.7. The van der Waals surface area contributed by atoms with E-state index in [9.17, 15) is 14.4 Å². The summed E-state index contributed by atoms with van der Waals surface area (Å²) in [5.74, 6) is -0.0640. The third-order valence-electron chi connectivity index (χ3n) is 10.5. The molecule has 53 heavy (non-hydrogen) atoms. The molecule has 0 unspecified atom stereocenters. The van der Waals surface area contributed by atoms with Crippen molar-refractivity contribution < 1.29 is 28.6 Å². The molecule has 0 rings (SSSR count). The molecule has 0 radical (unpaired) electrons. The highest BCUT2D eigenvalue weighted by Gasteiger charge is 2.19. The van der Waals surface area contributed by atoms with Crippen LogP contribution in [0.15, 0.2) is 0 Å². The number of esters is 3. The van der Waals surface area contributed by atoms with Crippen LogP contribution < -0.4 is 0 Å². The maximum absolute atomic E-state index is 12.7. The molecule has 0 bridgehead atoms. The first-order valence-electron chi connectivity index (χ1n) is 23.4. The zero-order valence-electron chi connectivity index (χ0n) is 36.0. The summed E-state index contributed by atoms with van der Waals surface area (Å²) in [6.07, 6.45) is 41.0. The van der Waals surface area contributed by atoms with Gasteiger partial charge in [0.2, 0.25) is 0 Å². The largest absolute Gasteiger partial charge is 0.462 e. The average molecular weight is 751 g/mol. The van der Waals surface area contributed by atoms with E-state index in [4.69, 9.17) is 14.2 Å². The van der Waals surface area contributed by atoms with Crippen LogP contribution in [-0.4, -0.2) is 37.2 Å². The number of ether oxygens (including phenoxy) is 3. The van der Waals surface area contributed by atoms with Crippen molar-refractivity contribution in [3.05, 3.63) is 0 Å². The summed E-state index contributed by atoms with van der Waals surface area (Å²) in [5, 5.41) is 0. The third kappa shape index (κ3) is 41.4. The second-order valence-electron chi connectivity index (χ2n) is 16.5. The van der Waals surface area contributed by atoms with E-state index < -0.39 is 6.10 Å². The lowest BCUT2D eigenvalue weighted by atomic mass is 10.0. The summed E-state index contributed by atoms with van der Waals surface area (Å²) >= 11 is 0. The first-order valence-corrected chi connectivity index (χ1v) is 23.4. The number of hydrogen-bond acceptors (Lipinski definition) is 6. The van der Waals surface area contributed by atoms with Crippen molar-refractivity contribution in [1.82, 2.24) is 0 Å². The summed E-state index contributed by atoms with van der Waals surface area (Å²) in [4.78, 5) is 37.6. The smallest absolute Gasteiger partial charge is 0.306 e. The fraction of sp³-hybridized carbons (Fsp3) is 0.936. The van der Waals surface area contributed by atoms with Gasteiger partial charge in [0.1, 0.15) is 13.2 Å². The number of carbonyl (C=O) groups excluding carboxylic acids is 3. The van der Waals surface area contributed by atoms with Gasteiger partial charge in [-0.1, -0.05) is 220 Å². The maximum Gasteiger partial charge on any atom is 0.306 e. The van der Waals surface area contributed by atoms with Crippen LogP contribution in [-0.2, 0) is 28.6 Å². The van der Waals surface area contributed by atoms with Crippen LogP contribution in [0.3, 0.4) is 0 Å². The van der Waals surface area contributed by atoms with E-state index in [1.807, 2.05) is 0 Å². The lowest BCUT2D eigenvalue weighted by Gasteiger charge is -2.18. The fourth-order valence-corrected chi connectivity index (χ4v) is 6.98. The van der Waals surface area contributed by atoms with Gasteiger partial charge < -0.3 is 14.2 Å². The first-order chi connectivity index (χ1) is 25.9. The van der Waals surface area contributed by atoms with E-state index in [0.717, 1.165) is 63.7 Å². The highest BCUT2D eigenvalue weighted by atomic mass is 16.6. The predicted octanol–water partition coefficient (Wildman–Crippen LogP) is 14.7. The zero-order chi connectivity index (χ0) is 38.9. The molecule has 0 N–H and O–H groups in total. The van der Waals surface area contributed by atoms with Crippen LogP contribution in [0.5, 0.6) is 0 Å². The van der Waals surface area contributed by atoms with Crippen molar-refractivity contribution in [1.29, 1.82) is 0 Å². The van der Waals surface area contributed by atoms with Crippen molar-refractivity contribution in [3.8, 4) is 0 Å². The van der Waals surface area contributed by atoms with Crippen LogP contribution in [0.4, 0.5) is 0 Å². The van der Waals surface area contributed by atoms with E-state index in [2.05, 4.69) is 27.7 Å². The Morgan fingerprint density at radius 2 is 0.623 bits per heavy atom. The Kier molecular flexibility index (Phi) is 40.3. The molecule has 0 aliphatic heterocycles. The van der Waals surface area contributed by atoms with Crippen molar-refractivity contribution in [2.24, 2.45) is 5.92 Å². The average Bonchev–Trinajstić information content (AvgIpc) is 3.14. The van der Waals surface area contributed by atoms with E-state index >= 15 is 0 Å². The van der Waals surface area contributed by atoms with Crippen LogP contribution in [0, 0.1) is 5.92 Å². The van der Waals surface area contributed by atoms with Gasteiger partial charge in [0.05, 0.1) is 0 Å². The normalized spacial score (nSPS) is 11.9. The van der Waals surface area contributed by atoms with Crippen molar-refractivity contribution in [3.63, 3.8) is 0 Å². The molecule has 0 amide bonds. The monoisotopic (exact) mass is 751 g/mol. The van der Waals surface area contributed by atoms with Crippen molar-refractivity contribution in [2.45, 2.75) is 265 Å². The predicted molar refractivity (Wildman–Crippen MR) is 224 cm³/mol. The van der Waals surface area contributed by atoms with Crippen LogP contribution >= 0.6 is 0 Å². The molecule has 6 nitrogen and oxygen atoms in total. The summed E-state index contributed by atoms with van der Waals surface area (Å²) in [5.41, 5.74) is 0. The zero-order valence-corrected chi connectivity index (χ0v) is 36.0. The molecule has 0 aromatic heterocycles. The quantitative estimate of drug-likeness (QED) is 0.0351. The van der Waals surface area contributed by atoms with Crippen molar-refractivity contribution >= 4 is 17.9 Å². The Labute approximate surface area is 329 Å². The van der Waals surface area contributed by atoms with Gasteiger partial charge in [0.25, 0.3) is 0 Å². The molecular formula is C47H90O6. The number of unbranched alkanes of at least 4 members (excludes halogenated alkanes) is 29. The molecule has 0 aliphatic carbocycles. The molecular weight excluding hydrogens is 661 g/mol. The van der Waals surface area contributed by atoms with Gasteiger partial charge in [-0.15, -0.1) is 0 Å². The Morgan fingerprint density at radius 3 is 0.925 bits per heavy atom. The molecule has 0 heterocycles. The molecule has 314 valence electrons. The van der Waals surface area contributed by atoms with Crippen LogP contribution in [0.25, 0.3) is 0 Å². The van der Waals surface area contributed by atoms with E-state index in [1.54, 1.807) is 0 Å². The summed E-state index contributed by atoms with van der Waals surface area (Å²) in [6, 6.07) is 0. The Hall–Kier alpha value is -1.59. The minimum atomic E-state index is -0.758. The molecule has 0 saturated carbocycles. The molecule has 0 aliphatic rings. The second-order valence-corrected chi connectivity index (χ2v) is 16.5. The van der Waals surface area contributed by atoms with Gasteiger partial charge in [0.15, 0.2) is 6.10 Å². The van der Waals surface area contributed by atoms with E-state index in [1.165, 1.54) is 154 Å². The molecule has 0 aromatic carbocycles. The van der Waals surface area contributed by atoms with Gasteiger partial charge in [-0.3, -0.25) is 14.4 Å². The second kappa shape index (κ2) is 41.6. The Morgan fingerprint density at radius 1 is 0.358 bits per heavy atom. The maximum atomic E-state index is 12.7. The lowest BCUT2D eigenvalue weighted by Crippen LogP contribution is -2.30. The number of carbonyl (C=O) groups is 3. The first kappa shape index (κ1) is 51.4. The standard InChI is InChI=1S/C47H90O6/c1-5-7-9-11-13-14-15-16-17-18-19-20-21-22-28-32-36-40-47(50)53-44(41-51-45(48)38-34-30-25-12-10-8-6-2)42-52-46(49)39-35-31-27-24-23-26-29-33-37-43(3)4/h43-44H,5-42H2,1-4H3/t44-/m0/s1. The van der Waals surface area contributed by atoms with Gasteiger partial charge in [-0.05, 0) is 25.2 Å². The topological polar surface area (TPSA) is 78.9 Å². The van der Waals surface area contributed by atoms with Gasteiger partial charge in [-0.25, -0.2) is 0 Å². The number of rotatable bonds is 42. The molecule has 0 spiro atoms. The van der Waals surface area contributed by atoms with Gasteiger partial charge in [-0.2, -0.15) is 0 Å². The lowest BCUT2D eigenvalue weighted by molar-refractivity contribution is -0.167. The molecule has 0 aromatic rings. The molecule has 0 fully saturated rings. The summed E-state index contributed by atoms with van der Waals surface area (Å²) in [7, 11) is 0. The van der Waals surface area contributed by atoms with Crippen molar-refractivity contribution in [2.75, 3.05) is 13.2 Å². The van der Waals surface area contributed by atoms with Crippen LogP contribution in [0.2, 0.25) is 0 Å². The molecule has 6 heteroatoms. The SMILES string of the molecule is CCCCCCCCCCCCCCCCCCCC(=O)O[C@@H](COC(=O)CCCCCCCCC)COC(=O)CCCCCCCCCCC(C)C. The minimum Gasteiger partial charge on any atom is -0.462 e. The van der Waals surface area contributed by atoms with Crippen LogP contribution in [0.1, 0.15) is 259 Å². The Balaban J connectivity index is 4.22. The summed E-state index contributed by atoms with van der Waals surface area (Å²) in [6.45, 7) is 8.93. The van der Waals surface area contributed by atoms with Gasteiger partial charge in [0, 0.05) is 19.3 Å². The molecule has 0 saturated heterocycles. The van der Waals surface area contributed by atoms with E-state index in [-0.39, 0.29) is 31.1 Å².